The maximum absolute atomic E-state index is 10.9. The zero-order valence-electron chi connectivity index (χ0n) is 7.14. The maximum Gasteiger partial charge on any atom is 0.336 e. The lowest BCUT2D eigenvalue weighted by Crippen LogP contribution is -2.01. The number of nitrogens with two attached hydrogens (primary N) is 1. The third-order valence-corrected chi connectivity index (χ3v) is 1.90. The molecular weight excluding hydrogens is 182 g/mol. The number of aromatic nitrogens is 2. The molecule has 14 heavy (non-hydrogen) atoms. The van der Waals surface area contributed by atoms with Gasteiger partial charge < -0.3 is 10.8 Å². The Kier molecular flexibility index (Phi) is 1.78. The second-order valence-electron chi connectivity index (χ2n) is 2.76. The predicted octanol–water partition coefficient (Wildman–Crippen LogP) is 0.910. The SMILES string of the molecule is Nc1ccnc2nccc(C(=O)O)c12. The number of anilines is 1. The number of fused-ring (bicyclic) bond motifs is 1. The monoisotopic (exact) mass is 189 g/mol. The second kappa shape index (κ2) is 2.95. The number of carboxylic acids is 1. The van der Waals surface area contributed by atoms with Crippen LogP contribution in [0.1, 0.15) is 10.4 Å². The van der Waals surface area contributed by atoms with Crippen LogP contribution in [0, 0.1) is 0 Å². The van der Waals surface area contributed by atoms with E-state index in [9.17, 15) is 4.79 Å². The lowest BCUT2D eigenvalue weighted by atomic mass is 10.1. The van der Waals surface area contributed by atoms with E-state index in [4.69, 9.17) is 10.8 Å². The van der Waals surface area contributed by atoms with Crippen LogP contribution < -0.4 is 5.73 Å². The van der Waals surface area contributed by atoms with Crippen molar-refractivity contribution >= 4 is 22.7 Å². The molecule has 0 unspecified atom stereocenters. The predicted molar refractivity (Wildman–Crippen MR) is 50.9 cm³/mol. The van der Waals surface area contributed by atoms with Gasteiger partial charge in [-0.3, -0.25) is 0 Å². The van der Waals surface area contributed by atoms with Gasteiger partial charge in [0, 0.05) is 18.1 Å². The molecule has 2 rings (SSSR count). The Morgan fingerprint density at radius 3 is 2.57 bits per heavy atom. The number of aromatic carboxylic acids is 1. The van der Waals surface area contributed by atoms with Crippen molar-refractivity contribution in [2.24, 2.45) is 0 Å². The minimum Gasteiger partial charge on any atom is -0.478 e. The Hall–Kier alpha value is -2.17. The first-order chi connectivity index (χ1) is 6.70. The van der Waals surface area contributed by atoms with Crippen molar-refractivity contribution in [3.8, 4) is 0 Å². The van der Waals surface area contributed by atoms with Gasteiger partial charge in [0.2, 0.25) is 0 Å². The minimum absolute atomic E-state index is 0.126. The fourth-order valence-electron chi connectivity index (χ4n) is 1.28. The summed E-state index contributed by atoms with van der Waals surface area (Å²) < 4.78 is 0. The molecule has 0 aliphatic carbocycles. The van der Waals surface area contributed by atoms with Gasteiger partial charge >= 0.3 is 5.97 Å². The Morgan fingerprint density at radius 2 is 1.93 bits per heavy atom. The quantitative estimate of drug-likeness (QED) is 0.695. The number of carboxylic acid groups (broad SMARTS) is 1. The Bertz CT molecular complexity index is 505. The van der Waals surface area contributed by atoms with Crippen LogP contribution >= 0.6 is 0 Å². The molecule has 0 aliphatic heterocycles. The number of rotatable bonds is 1. The van der Waals surface area contributed by atoms with Crippen molar-refractivity contribution in [3.63, 3.8) is 0 Å². The smallest absolute Gasteiger partial charge is 0.336 e. The molecule has 0 amide bonds. The number of carbonyl (C=O) groups is 1. The average Bonchev–Trinajstić information content (AvgIpc) is 2.17. The van der Waals surface area contributed by atoms with Gasteiger partial charge in [-0.05, 0) is 12.1 Å². The van der Waals surface area contributed by atoms with Gasteiger partial charge in [0.05, 0.1) is 10.9 Å². The summed E-state index contributed by atoms with van der Waals surface area (Å²) in [7, 11) is 0. The summed E-state index contributed by atoms with van der Waals surface area (Å²) in [5.74, 6) is -1.03. The van der Waals surface area contributed by atoms with Crippen molar-refractivity contribution in [1.29, 1.82) is 0 Å². The van der Waals surface area contributed by atoms with E-state index in [1.165, 1.54) is 18.5 Å². The molecule has 5 heteroatoms. The molecule has 2 aromatic heterocycles. The van der Waals surface area contributed by atoms with Gasteiger partial charge in [-0.1, -0.05) is 0 Å². The van der Waals surface area contributed by atoms with E-state index < -0.39 is 5.97 Å². The summed E-state index contributed by atoms with van der Waals surface area (Å²) in [6, 6.07) is 2.96. The van der Waals surface area contributed by atoms with Crippen molar-refractivity contribution < 1.29 is 9.90 Å². The van der Waals surface area contributed by atoms with Gasteiger partial charge in [0.25, 0.3) is 0 Å². The maximum atomic E-state index is 10.9. The van der Waals surface area contributed by atoms with Crippen LogP contribution in [-0.2, 0) is 0 Å². The highest BCUT2D eigenvalue weighted by Gasteiger charge is 2.11. The minimum atomic E-state index is -1.03. The van der Waals surface area contributed by atoms with E-state index in [-0.39, 0.29) is 5.56 Å². The van der Waals surface area contributed by atoms with Crippen LogP contribution in [0.15, 0.2) is 24.5 Å². The molecule has 0 aromatic carbocycles. The zero-order valence-corrected chi connectivity index (χ0v) is 7.14. The van der Waals surface area contributed by atoms with Gasteiger partial charge in [-0.2, -0.15) is 0 Å². The lowest BCUT2D eigenvalue weighted by Gasteiger charge is -2.02. The van der Waals surface area contributed by atoms with Crippen molar-refractivity contribution in [3.05, 3.63) is 30.1 Å². The third-order valence-electron chi connectivity index (χ3n) is 1.90. The number of hydrogen-bond acceptors (Lipinski definition) is 4. The first kappa shape index (κ1) is 8.43. The van der Waals surface area contributed by atoms with Crippen LogP contribution in [-0.4, -0.2) is 21.0 Å². The molecule has 0 saturated carbocycles. The molecule has 0 bridgehead atoms. The zero-order chi connectivity index (χ0) is 10.1. The van der Waals surface area contributed by atoms with Crippen LogP contribution in [0.2, 0.25) is 0 Å². The summed E-state index contributed by atoms with van der Waals surface area (Å²) >= 11 is 0. The molecule has 0 aliphatic rings. The third kappa shape index (κ3) is 1.15. The number of nitrogens with zero attached hydrogens (tertiary/aromatic N) is 2. The molecule has 5 nitrogen and oxygen atoms in total. The molecule has 2 heterocycles. The summed E-state index contributed by atoms with van der Waals surface area (Å²) in [4.78, 5) is 18.7. The number of hydrogen-bond donors (Lipinski definition) is 2. The van der Waals surface area contributed by atoms with E-state index in [2.05, 4.69) is 9.97 Å². The molecule has 0 atom stereocenters. The van der Waals surface area contributed by atoms with Crippen molar-refractivity contribution in [1.82, 2.24) is 9.97 Å². The Balaban J connectivity index is 2.91. The summed E-state index contributed by atoms with van der Waals surface area (Å²) in [6.45, 7) is 0. The summed E-state index contributed by atoms with van der Waals surface area (Å²) in [5.41, 5.74) is 6.50. The molecule has 0 saturated heterocycles. The van der Waals surface area contributed by atoms with Crippen molar-refractivity contribution in [2.75, 3.05) is 5.73 Å². The summed E-state index contributed by atoms with van der Waals surface area (Å²) in [6.07, 6.45) is 2.90. The molecule has 0 spiro atoms. The van der Waals surface area contributed by atoms with E-state index in [0.29, 0.717) is 16.7 Å². The highest BCUT2D eigenvalue weighted by molar-refractivity contribution is 6.06. The number of pyridine rings is 2. The van der Waals surface area contributed by atoms with Gasteiger partial charge in [-0.25, -0.2) is 14.8 Å². The standard InChI is InChI=1S/C9H7N3O2/c10-6-2-4-12-8-7(6)5(9(13)14)1-3-11-8/h1-4H,(H,13,14)(H2,10,11,12). The van der Waals surface area contributed by atoms with Gasteiger partial charge in [0.15, 0.2) is 5.65 Å². The van der Waals surface area contributed by atoms with Crippen LogP contribution in [0.3, 0.4) is 0 Å². The van der Waals surface area contributed by atoms with Gasteiger partial charge in [0.1, 0.15) is 0 Å². The lowest BCUT2D eigenvalue weighted by molar-refractivity contribution is 0.0699. The molecule has 3 N–H and O–H groups in total. The fourth-order valence-corrected chi connectivity index (χ4v) is 1.28. The molecule has 0 radical (unpaired) electrons. The molecule has 70 valence electrons. The van der Waals surface area contributed by atoms with Crippen LogP contribution in [0.5, 0.6) is 0 Å². The molecular formula is C9H7N3O2. The fraction of sp³-hybridized carbons (Fsp3) is 0. The molecule has 2 aromatic rings. The van der Waals surface area contributed by atoms with E-state index >= 15 is 0 Å². The second-order valence-corrected chi connectivity index (χ2v) is 2.76. The highest BCUT2D eigenvalue weighted by Crippen LogP contribution is 2.20. The van der Waals surface area contributed by atoms with Gasteiger partial charge in [-0.15, -0.1) is 0 Å². The largest absolute Gasteiger partial charge is 0.478 e. The Labute approximate surface area is 79.2 Å². The summed E-state index contributed by atoms with van der Waals surface area (Å²) in [5, 5.41) is 9.29. The molecule has 0 fully saturated rings. The van der Waals surface area contributed by atoms with E-state index in [0.717, 1.165) is 0 Å². The normalized spacial score (nSPS) is 10.3. The van der Waals surface area contributed by atoms with Crippen molar-refractivity contribution in [2.45, 2.75) is 0 Å². The first-order valence-corrected chi connectivity index (χ1v) is 3.92. The van der Waals surface area contributed by atoms with Crippen LogP contribution in [0.25, 0.3) is 11.0 Å². The van der Waals surface area contributed by atoms with E-state index in [1.54, 1.807) is 6.07 Å². The van der Waals surface area contributed by atoms with Crippen LogP contribution in [0.4, 0.5) is 5.69 Å². The van der Waals surface area contributed by atoms with E-state index in [1.807, 2.05) is 0 Å². The highest BCUT2D eigenvalue weighted by atomic mass is 16.4. The average molecular weight is 189 g/mol. The first-order valence-electron chi connectivity index (χ1n) is 3.92. The number of nitrogen functional groups attached to an aromatic ring is 1. The topological polar surface area (TPSA) is 89.1 Å². The Morgan fingerprint density at radius 1 is 1.29 bits per heavy atom.